The zero-order valence-corrected chi connectivity index (χ0v) is 29.2. The second kappa shape index (κ2) is 12.7. The Labute approximate surface area is 297 Å². The van der Waals surface area contributed by atoms with Gasteiger partial charge >= 0.3 is 5.97 Å². The lowest BCUT2D eigenvalue weighted by molar-refractivity contribution is -0.218. The highest BCUT2D eigenvalue weighted by Crippen LogP contribution is 2.59. The first kappa shape index (κ1) is 32.8. The van der Waals surface area contributed by atoms with E-state index in [2.05, 4.69) is 40.0 Å². The maximum absolute atomic E-state index is 15.3. The zero-order valence-electron chi connectivity index (χ0n) is 27.0. The minimum absolute atomic E-state index is 0.0448. The molecular formula is C37H38IN3O8. The minimum atomic E-state index is -1.43. The van der Waals surface area contributed by atoms with Crippen LogP contribution >= 0.6 is 22.6 Å². The lowest BCUT2D eigenvalue weighted by Crippen LogP contribution is -2.70. The average molecular weight is 780 g/mol. The van der Waals surface area contributed by atoms with Crippen molar-refractivity contribution < 1.29 is 38.5 Å². The summed E-state index contributed by atoms with van der Waals surface area (Å²) in [6.07, 6.45) is -1.52. The van der Waals surface area contributed by atoms with E-state index in [0.29, 0.717) is 12.8 Å². The predicted octanol–water partition coefficient (Wildman–Crippen LogP) is 2.55. The summed E-state index contributed by atoms with van der Waals surface area (Å²) in [6, 6.07) is 23.5. The Balaban J connectivity index is 1.18. The fourth-order valence-corrected chi connectivity index (χ4v) is 9.17. The molecule has 2 bridgehead atoms. The summed E-state index contributed by atoms with van der Waals surface area (Å²) in [4.78, 5) is 51.3. The molecule has 2 N–H and O–H groups in total. The van der Waals surface area contributed by atoms with Crippen molar-refractivity contribution in [1.82, 2.24) is 15.3 Å². The van der Waals surface area contributed by atoms with Crippen LogP contribution in [0.25, 0.3) is 0 Å². The third-order valence-corrected chi connectivity index (χ3v) is 11.4. The van der Waals surface area contributed by atoms with E-state index in [1.54, 1.807) is 12.1 Å². The van der Waals surface area contributed by atoms with Crippen LogP contribution in [-0.4, -0.2) is 95.3 Å². The number of rotatable bonds is 9. The molecule has 2 amide bonds. The highest BCUT2D eigenvalue weighted by atomic mass is 127. The number of nitrogens with zero attached hydrogens (tertiary/aromatic N) is 2. The number of hydrogen-bond acceptors (Lipinski definition) is 9. The second-order valence-corrected chi connectivity index (χ2v) is 14.9. The Morgan fingerprint density at radius 1 is 1.00 bits per heavy atom. The van der Waals surface area contributed by atoms with Crippen molar-refractivity contribution in [3.05, 3.63) is 105 Å². The van der Waals surface area contributed by atoms with E-state index >= 15 is 4.79 Å². The summed E-state index contributed by atoms with van der Waals surface area (Å²) < 4.78 is 20.8. The van der Waals surface area contributed by atoms with E-state index < -0.39 is 65.5 Å². The third kappa shape index (κ3) is 5.56. The summed E-state index contributed by atoms with van der Waals surface area (Å²) in [5, 5.41) is 13.8. The number of fused-ring (bicyclic) bond motifs is 5. The molecule has 3 aliphatic heterocycles. The summed E-state index contributed by atoms with van der Waals surface area (Å²) >= 11 is 2.24. The SMILES string of the molecule is CN(C(=O)[C@@]12C[C@H]3OC(=O)[C@@H]1N(Cc1cccc(I)c1)O[C@@H]2[C@H]1OC2(Cc4ccccc4C2)O[C@H]13)[C@H](Cc1ccccc1)C(=O)NCCO. The quantitative estimate of drug-likeness (QED) is 0.249. The molecule has 0 aromatic heterocycles. The number of hydroxylamine groups is 2. The van der Waals surface area contributed by atoms with Gasteiger partial charge in [-0.1, -0.05) is 66.7 Å². The summed E-state index contributed by atoms with van der Waals surface area (Å²) in [5.41, 5.74) is 2.61. The van der Waals surface area contributed by atoms with E-state index in [0.717, 1.165) is 25.8 Å². The van der Waals surface area contributed by atoms with Crippen LogP contribution in [0.4, 0.5) is 0 Å². The van der Waals surface area contributed by atoms with Crippen molar-refractivity contribution in [1.29, 1.82) is 0 Å². The first-order valence-corrected chi connectivity index (χ1v) is 17.8. The van der Waals surface area contributed by atoms with Gasteiger partial charge < -0.3 is 29.5 Å². The van der Waals surface area contributed by atoms with Gasteiger partial charge in [0.05, 0.1) is 13.2 Å². The van der Waals surface area contributed by atoms with Crippen LogP contribution in [0.15, 0.2) is 78.9 Å². The van der Waals surface area contributed by atoms with E-state index in [-0.39, 0.29) is 32.5 Å². The van der Waals surface area contributed by atoms with Crippen LogP contribution in [0.3, 0.4) is 0 Å². The smallest absolute Gasteiger partial charge is 0.327 e. The van der Waals surface area contributed by atoms with Crippen LogP contribution in [0.2, 0.25) is 0 Å². The maximum Gasteiger partial charge on any atom is 0.327 e. The molecule has 256 valence electrons. The largest absolute Gasteiger partial charge is 0.458 e. The molecule has 4 fully saturated rings. The number of amides is 2. The van der Waals surface area contributed by atoms with Crippen molar-refractivity contribution in [2.75, 3.05) is 20.2 Å². The van der Waals surface area contributed by atoms with Gasteiger partial charge in [-0.3, -0.25) is 19.2 Å². The molecule has 49 heavy (non-hydrogen) atoms. The molecule has 12 heteroatoms. The minimum Gasteiger partial charge on any atom is -0.458 e. The molecule has 2 aliphatic carbocycles. The molecule has 1 saturated carbocycles. The van der Waals surface area contributed by atoms with Gasteiger partial charge in [0.15, 0.2) is 11.8 Å². The number of halogens is 1. The van der Waals surface area contributed by atoms with Crippen LogP contribution in [-0.2, 0) is 59.2 Å². The van der Waals surface area contributed by atoms with E-state index in [4.69, 9.17) is 19.0 Å². The highest BCUT2D eigenvalue weighted by Gasteiger charge is 2.77. The standard InChI is InChI=1S/C37H38IN3O8/c1-40(27(33(43)39-14-15-42)17-22-8-3-2-4-9-22)35(45)37-20-28-29-30(48-36(47-29)18-24-11-5-6-12-25(24)19-36)32(37)49-41(31(37)34(44)46-28)21-23-10-7-13-26(38)16-23/h2-13,16,27-32,42H,14-15,17-21H2,1H3,(H,39,43)/t27-,28-,29+,30+,31+,32-,37+/m1/s1. The monoisotopic (exact) mass is 779 g/mol. The van der Waals surface area contributed by atoms with Crippen molar-refractivity contribution in [2.45, 2.75) is 74.5 Å². The van der Waals surface area contributed by atoms with Gasteiger partial charge in [-0.05, 0) is 57.0 Å². The molecule has 3 heterocycles. The van der Waals surface area contributed by atoms with Gasteiger partial charge in [0.1, 0.15) is 35.9 Å². The highest BCUT2D eigenvalue weighted by molar-refractivity contribution is 14.1. The number of carbonyl (C=O) groups excluding carboxylic acids is 3. The third-order valence-electron chi connectivity index (χ3n) is 10.7. The van der Waals surface area contributed by atoms with Gasteiger partial charge in [0.2, 0.25) is 11.8 Å². The Morgan fingerprint density at radius 2 is 1.69 bits per heavy atom. The Bertz CT molecular complexity index is 1750. The van der Waals surface area contributed by atoms with Gasteiger partial charge in [-0.15, -0.1) is 0 Å². The fraction of sp³-hybridized carbons (Fsp3) is 0.432. The molecule has 0 unspecified atom stereocenters. The van der Waals surface area contributed by atoms with Crippen molar-refractivity contribution in [3.63, 3.8) is 0 Å². The molecule has 3 saturated heterocycles. The average Bonchev–Trinajstić information content (AvgIpc) is 3.77. The molecule has 8 rings (SSSR count). The Hall–Kier alpha value is -3.40. The molecule has 5 aliphatic rings. The Kier molecular flexibility index (Phi) is 8.52. The van der Waals surface area contributed by atoms with Gasteiger partial charge in [0.25, 0.3) is 0 Å². The number of ether oxygens (including phenoxy) is 3. The van der Waals surface area contributed by atoms with Gasteiger partial charge in [-0.2, -0.15) is 5.06 Å². The van der Waals surface area contributed by atoms with E-state index in [1.807, 2.05) is 66.7 Å². The van der Waals surface area contributed by atoms with E-state index in [1.165, 1.54) is 4.90 Å². The van der Waals surface area contributed by atoms with Crippen LogP contribution in [0.5, 0.6) is 0 Å². The number of carbonyl (C=O) groups is 3. The van der Waals surface area contributed by atoms with E-state index in [9.17, 15) is 14.7 Å². The first-order chi connectivity index (χ1) is 23.7. The van der Waals surface area contributed by atoms with Crippen molar-refractivity contribution in [3.8, 4) is 0 Å². The molecule has 0 radical (unpaired) electrons. The lowest BCUT2D eigenvalue weighted by Gasteiger charge is -2.50. The number of aliphatic hydroxyl groups excluding tert-OH is 1. The second-order valence-electron chi connectivity index (χ2n) is 13.7. The van der Waals surface area contributed by atoms with Crippen molar-refractivity contribution >= 4 is 40.4 Å². The first-order valence-electron chi connectivity index (χ1n) is 16.7. The normalized spacial score (nSPS) is 29.6. The lowest BCUT2D eigenvalue weighted by atomic mass is 9.62. The molecule has 7 atom stereocenters. The van der Waals surface area contributed by atoms with Gasteiger partial charge in [0, 0.05) is 42.8 Å². The van der Waals surface area contributed by atoms with Crippen LogP contribution in [0, 0.1) is 8.99 Å². The number of esters is 1. The van der Waals surface area contributed by atoms with Gasteiger partial charge in [-0.25, -0.2) is 0 Å². The number of nitrogens with one attached hydrogen (secondary N) is 1. The van der Waals surface area contributed by atoms with Crippen molar-refractivity contribution in [2.24, 2.45) is 5.41 Å². The molecular weight excluding hydrogens is 741 g/mol. The summed E-state index contributed by atoms with van der Waals surface area (Å²) in [5.74, 6) is -2.33. The number of hydrogen-bond donors (Lipinski definition) is 2. The molecule has 11 nitrogen and oxygen atoms in total. The topological polar surface area (TPSA) is 127 Å². The fourth-order valence-electron chi connectivity index (χ4n) is 8.56. The maximum atomic E-state index is 15.3. The zero-order chi connectivity index (χ0) is 33.9. The molecule has 3 aromatic rings. The molecule has 1 spiro atoms. The Morgan fingerprint density at radius 3 is 2.41 bits per heavy atom. The van der Waals surface area contributed by atoms with Crippen LogP contribution < -0.4 is 5.32 Å². The number of aliphatic hydroxyl groups is 1. The van der Waals surface area contributed by atoms with Crippen LogP contribution in [0.1, 0.15) is 28.7 Å². The summed E-state index contributed by atoms with van der Waals surface area (Å²) in [7, 11) is 1.61. The predicted molar refractivity (Wildman–Crippen MR) is 183 cm³/mol. The number of benzene rings is 3. The molecule has 3 aromatic carbocycles. The summed E-state index contributed by atoms with van der Waals surface area (Å²) in [6.45, 7) is 0.0369. The number of likely N-dealkylation sites (N-methyl/N-ethyl adjacent to an activating group) is 1.